The van der Waals surface area contributed by atoms with Gasteiger partial charge in [-0.25, -0.2) is 0 Å². The molecule has 0 aliphatic rings. The molecule has 0 aliphatic carbocycles. The normalized spacial score (nSPS) is 12.9. The van der Waals surface area contributed by atoms with E-state index in [1.807, 2.05) is 0 Å². The standard InChI is InChI=1S/C16H33N3O2/c1-5-7-8-11-14(3)19-16(17-6-2)18-13-10-9-12-15(20)21-4/h14H,5-13H2,1-4H3,(H2,17,18,19). The van der Waals surface area contributed by atoms with Gasteiger partial charge in [-0.3, -0.25) is 9.79 Å². The summed E-state index contributed by atoms with van der Waals surface area (Å²) in [6.45, 7) is 8.07. The Kier molecular flexibility index (Phi) is 12.9. The average molecular weight is 299 g/mol. The molecule has 5 nitrogen and oxygen atoms in total. The highest BCUT2D eigenvalue weighted by Crippen LogP contribution is 2.03. The fraction of sp³-hybridized carbons (Fsp3) is 0.875. The lowest BCUT2D eigenvalue weighted by atomic mass is 10.1. The van der Waals surface area contributed by atoms with E-state index in [1.165, 1.54) is 32.8 Å². The second-order valence-corrected chi connectivity index (χ2v) is 5.34. The van der Waals surface area contributed by atoms with Crippen molar-refractivity contribution in [2.75, 3.05) is 20.2 Å². The molecule has 0 aromatic heterocycles. The third-order valence-corrected chi connectivity index (χ3v) is 3.25. The number of hydrogen-bond acceptors (Lipinski definition) is 3. The number of unbranched alkanes of at least 4 members (excludes halogenated alkanes) is 3. The minimum absolute atomic E-state index is 0.145. The zero-order chi connectivity index (χ0) is 15.9. The highest BCUT2D eigenvalue weighted by atomic mass is 16.5. The van der Waals surface area contributed by atoms with Gasteiger partial charge in [-0.1, -0.05) is 26.2 Å². The number of rotatable bonds is 11. The molecular weight excluding hydrogens is 266 g/mol. The lowest BCUT2D eigenvalue weighted by Crippen LogP contribution is -2.42. The molecule has 0 bridgehead atoms. The van der Waals surface area contributed by atoms with Gasteiger partial charge >= 0.3 is 5.97 Å². The topological polar surface area (TPSA) is 62.7 Å². The second-order valence-electron chi connectivity index (χ2n) is 5.34. The molecule has 0 aromatic rings. The third kappa shape index (κ3) is 12.2. The van der Waals surface area contributed by atoms with E-state index in [1.54, 1.807) is 0 Å². The number of nitrogens with one attached hydrogen (secondary N) is 2. The predicted molar refractivity (Wildman–Crippen MR) is 88.6 cm³/mol. The Morgan fingerprint density at radius 1 is 1.19 bits per heavy atom. The van der Waals surface area contributed by atoms with Crippen molar-refractivity contribution in [2.24, 2.45) is 4.99 Å². The summed E-state index contributed by atoms with van der Waals surface area (Å²) in [5.41, 5.74) is 0. The van der Waals surface area contributed by atoms with Crippen molar-refractivity contribution in [2.45, 2.75) is 71.8 Å². The van der Waals surface area contributed by atoms with Gasteiger partial charge in [0.25, 0.3) is 0 Å². The van der Waals surface area contributed by atoms with Gasteiger partial charge in [0.2, 0.25) is 0 Å². The molecule has 1 unspecified atom stereocenters. The molecule has 0 fully saturated rings. The Morgan fingerprint density at radius 3 is 2.57 bits per heavy atom. The number of ether oxygens (including phenoxy) is 1. The summed E-state index contributed by atoms with van der Waals surface area (Å²) in [6, 6.07) is 0.435. The van der Waals surface area contributed by atoms with Crippen molar-refractivity contribution >= 4 is 11.9 Å². The maximum absolute atomic E-state index is 11.0. The smallest absolute Gasteiger partial charge is 0.305 e. The molecule has 0 aliphatic heterocycles. The molecule has 0 aromatic carbocycles. The minimum Gasteiger partial charge on any atom is -0.469 e. The molecule has 2 N–H and O–H groups in total. The van der Waals surface area contributed by atoms with Gasteiger partial charge < -0.3 is 15.4 Å². The number of hydrogen-bond donors (Lipinski definition) is 2. The van der Waals surface area contributed by atoms with Crippen LogP contribution in [0.25, 0.3) is 0 Å². The Balaban J connectivity index is 3.97. The van der Waals surface area contributed by atoms with Crippen LogP contribution in [0.2, 0.25) is 0 Å². The summed E-state index contributed by atoms with van der Waals surface area (Å²) in [5, 5.41) is 6.70. The molecule has 124 valence electrons. The lowest BCUT2D eigenvalue weighted by Gasteiger charge is -2.17. The van der Waals surface area contributed by atoms with Crippen molar-refractivity contribution < 1.29 is 9.53 Å². The first kappa shape index (κ1) is 19.7. The molecule has 1 atom stereocenters. The summed E-state index contributed by atoms with van der Waals surface area (Å²) in [6.07, 6.45) is 7.15. The zero-order valence-electron chi connectivity index (χ0n) is 14.2. The van der Waals surface area contributed by atoms with Gasteiger partial charge in [0.1, 0.15) is 0 Å². The van der Waals surface area contributed by atoms with Gasteiger partial charge in [0.05, 0.1) is 7.11 Å². The zero-order valence-corrected chi connectivity index (χ0v) is 14.2. The van der Waals surface area contributed by atoms with Crippen molar-refractivity contribution in [1.29, 1.82) is 0 Å². The molecule has 0 saturated carbocycles. The summed E-state index contributed by atoms with van der Waals surface area (Å²) < 4.78 is 4.62. The fourth-order valence-corrected chi connectivity index (χ4v) is 2.00. The van der Waals surface area contributed by atoms with E-state index in [2.05, 4.69) is 41.1 Å². The van der Waals surface area contributed by atoms with E-state index >= 15 is 0 Å². The minimum atomic E-state index is -0.145. The van der Waals surface area contributed by atoms with E-state index in [-0.39, 0.29) is 5.97 Å². The van der Waals surface area contributed by atoms with Crippen LogP contribution in [0.1, 0.15) is 65.7 Å². The van der Waals surface area contributed by atoms with Crippen LogP contribution in [-0.4, -0.2) is 38.2 Å². The Hall–Kier alpha value is -1.26. The monoisotopic (exact) mass is 299 g/mol. The number of methoxy groups -OCH3 is 1. The molecule has 0 spiro atoms. The summed E-state index contributed by atoms with van der Waals surface area (Å²) >= 11 is 0. The first-order chi connectivity index (χ1) is 10.1. The third-order valence-electron chi connectivity index (χ3n) is 3.25. The number of carbonyl (C=O) groups excluding carboxylic acids is 1. The van der Waals surface area contributed by atoms with Crippen LogP contribution in [0.3, 0.4) is 0 Å². The number of guanidine groups is 1. The first-order valence-corrected chi connectivity index (χ1v) is 8.25. The van der Waals surface area contributed by atoms with E-state index in [0.717, 1.165) is 31.9 Å². The van der Waals surface area contributed by atoms with E-state index in [0.29, 0.717) is 12.5 Å². The van der Waals surface area contributed by atoms with E-state index < -0.39 is 0 Å². The van der Waals surface area contributed by atoms with Crippen LogP contribution in [0, 0.1) is 0 Å². The largest absolute Gasteiger partial charge is 0.469 e. The van der Waals surface area contributed by atoms with Crippen molar-refractivity contribution in [3.05, 3.63) is 0 Å². The lowest BCUT2D eigenvalue weighted by molar-refractivity contribution is -0.140. The SMILES string of the molecule is CCCCCC(C)NC(=NCCCCC(=O)OC)NCC. The van der Waals surface area contributed by atoms with Crippen LogP contribution in [0.4, 0.5) is 0 Å². The quantitative estimate of drug-likeness (QED) is 0.266. The first-order valence-electron chi connectivity index (χ1n) is 8.25. The van der Waals surface area contributed by atoms with Crippen LogP contribution >= 0.6 is 0 Å². The highest BCUT2D eigenvalue weighted by Gasteiger charge is 2.04. The van der Waals surface area contributed by atoms with Crippen LogP contribution in [-0.2, 0) is 9.53 Å². The van der Waals surface area contributed by atoms with Crippen molar-refractivity contribution in [3.8, 4) is 0 Å². The van der Waals surface area contributed by atoms with Crippen LogP contribution in [0.5, 0.6) is 0 Å². The molecule has 0 amide bonds. The Labute approximate surface area is 129 Å². The average Bonchev–Trinajstić information content (AvgIpc) is 2.47. The van der Waals surface area contributed by atoms with E-state index in [9.17, 15) is 4.79 Å². The fourth-order valence-electron chi connectivity index (χ4n) is 2.00. The summed E-state index contributed by atoms with van der Waals surface area (Å²) in [7, 11) is 1.42. The van der Waals surface area contributed by atoms with Gasteiger partial charge in [0.15, 0.2) is 5.96 Å². The van der Waals surface area contributed by atoms with Crippen LogP contribution < -0.4 is 10.6 Å². The molecule has 0 heterocycles. The van der Waals surface area contributed by atoms with Gasteiger partial charge in [-0.05, 0) is 33.1 Å². The van der Waals surface area contributed by atoms with Gasteiger partial charge in [-0.15, -0.1) is 0 Å². The van der Waals surface area contributed by atoms with Crippen LogP contribution in [0.15, 0.2) is 4.99 Å². The van der Waals surface area contributed by atoms with Crippen molar-refractivity contribution in [3.63, 3.8) is 0 Å². The number of carbonyl (C=O) groups is 1. The maximum atomic E-state index is 11.0. The van der Waals surface area contributed by atoms with Gasteiger partial charge in [0, 0.05) is 25.6 Å². The van der Waals surface area contributed by atoms with Crippen molar-refractivity contribution in [1.82, 2.24) is 10.6 Å². The van der Waals surface area contributed by atoms with Gasteiger partial charge in [-0.2, -0.15) is 0 Å². The Bertz CT molecular complexity index is 293. The molecule has 21 heavy (non-hydrogen) atoms. The Morgan fingerprint density at radius 2 is 1.95 bits per heavy atom. The summed E-state index contributed by atoms with van der Waals surface area (Å²) in [4.78, 5) is 15.5. The maximum Gasteiger partial charge on any atom is 0.305 e. The second kappa shape index (κ2) is 13.7. The number of esters is 1. The predicted octanol–water partition coefficient (Wildman–Crippen LogP) is 2.85. The molecule has 0 saturated heterocycles. The summed E-state index contributed by atoms with van der Waals surface area (Å²) in [5.74, 6) is 0.730. The van der Waals surface area contributed by atoms with E-state index in [4.69, 9.17) is 0 Å². The highest BCUT2D eigenvalue weighted by molar-refractivity contribution is 5.80. The molecular formula is C16H33N3O2. The molecule has 5 heteroatoms. The molecule has 0 radical (unpaired) electrons. The molecule has 0 rings (SSSR count). The number of nitrogens with zero attached hydrogens (tertiary/aromatic N) is 1. The number of aliphatic imine (C=N–C) groups is 1.